The standard InChI is InChI=1S/C16H15Cl4N/c1-9(11-4-3-5-12(17)8-11)21-10(2)13-6-7-14(18)16(20)15(13)19/h3-10,21H,1-2H3. The first-order chi connectivity index (χ1) is 9.90. The van der Waals surface area contributed by atoms with Crippen molar-refractivity contribution < 1.29 is 0 Å². The van der Waals surface area contributed by atoms with Crippen molar-refractivity contribution in [2.24, 2.45) is 0 Å². The Morgan fingerprint density at radius 1 is 0.857 bits per heavy atom. The average Bonchev–Trinajstić information content (AvgIpc) is 2.44. The number of halogens is 4. The molecule has 0 amide bonds. The predicted octanol–water partition coefficient (Wildman–Crippen LogP) is 6.71. The van der Waals surface area contributed by atoms with Crippen molar-refractivity contribution in [3.05, 3.63) is 67.6 Å². The Kier molecular flexibility index (Phi) is 5.81. The van der Waals surface area contributed by atoms with Gasteiger partial charge in [0.1, 0.15) is 0 Å². The van der Waals surface area contributed by atoms with Crippen molar-refractivity contribution in [1.29, 1.82) is 0 Å². The zero-order valence-corrected chi connectivity index (χ0v) is 14.7. The summed E-state index contributed by atoms with van der Waals surface area (Å²) in [5.41, 5.74) is 2.03. The zero-order chi connectivity index (χ0) is 15.6. The minimum Gasteiger partial charge on any atom is -0.304 e. The van der Waals surface area contributed by atoms with E-state index in [4.69, 9.17) is 46.4 Å². The molecule has 0 heterocycles. The van der Waals surface area contributed by atoms with E-state index in [0.717, 1.165) is 16.1 Å². The third kappa shape index (κ3) is 4.06. The van der Waals surface area contributed by atoms with Crippen LogP contribution in [0.2, 0.25) is 20.1 Å². The molecule has 0 spiro atoms. The van der Waals surface area contributed by atoms with E-state index < -0.39 is 0 Å². The van der Waals surface area contributed by atoms with Gasteiger partial charge in [-0.15, -0.1) is 0 Å². The molecule has 0 bridgehead atoms. The second kappa shape index (κ2) is 7.21. The van der Waals surface area contributed by atoms with Crippen LogP contribution < -0.4 is 5.32 Å². The van der Waals surface area contributed by atoms with Crippen LogP contribution in [0.3, 0.4) is 0 Å². The minimum atomic E-state index is 0.0289. The third-order valence-corrected chi connectivity index (χ3v) is 4.92. The molecule has 112 valence electrons. The molecule has 0 aliphatic rings. The summed E-state index contributed by atoms with van der Waals surface area (Å²) >= 11 is 24.3. The summed E-state index contributed by atoms with van der Waals surface area (Å²) in [5.74, 6) is 0. The summed E-state index contributed by atoms with van der Waals surface area (Å²) < 4.78 is 0. The Balaban J connectivity index is 2.18. The van der Waals surface area contributed by atoms with Crippen molar-refractivity contribution in [3.63, 3.8) is 0 Å². The van der Waals surface area contributed by atoms with Gasteiger partial charge < -0.3 is 5.32 Å². The highest BCUT2D eigenvalue weighted by atomic mass is 35.5. The van der Waals surface area contributed by atoms with Crippen LogP contribution in [-0.2, 0) is 0 Å². The smallest absolute Gasteiger partial charge is 0.0781 e. The highest BCUT2D eigenvalue weighted by Gasteiger charge is 2.16. The largest absolute Gasteiger partial charge is 0.304 e. The van der Waals surface area contributed by atoms with Gasteiger partial charge in [0.15, 0.2) is 0 Å². The van der Waals surface area contributed by atoms with Crippen molar-refractivity contribution in [1.82, 2.24) is 5.32 Å². The van der Waals surface area contributed by atoms with Crippen LogP contribution in [0, 0.1) is 0 Å². The Morgan fingerprint density at radius 2 is 1.57 bits per heavy atom. The van der Waals surface area contributed by atoms with Gasteiger partial charge in [-0.2, -0.15) is 0 Å². The molecule has 1 nitrogen and oxygen atoms in total. The maximum Gasteiger partial charge on any atom is 0.0781 e. The van der Waals surface area contributed by atoms with Gasteiger partial charge >= 0.3 is 0 Å². The molecule has 5 heteroatoms. The Morgan fingerprint density at radius 3 is 2.24 bits per heavy atom. The van der Waals surface area contributed by atoms with Crippen molar-refractivity contribution in [2.75, 3.05) is 0 Å². The zero-order valence-electron chi connectivity index (χ0n) is 11.6. The van der Waals surface area contributed by atoms with Crippen LogP contribution in [0.4, 0.5) is 0 Å². The third-order valence-electron chi connectivity index (χ3n) is 3.38. The van der Waals surface area contributed by atoms with Gasteiger partial charge in [0.05, 0.1) is 15.1 Å². The summed E-state index contributed by atoms with van der Waals surface area (Å²) in [7, 11) is 0. The van der Waals surface area contributed by atoms with Crippen molar-refractivity contribution in [2.45, 2.75) is 25.9 Å². The van der Waals surface area contributed by atoms with Crippen LogP contribution in [-0.4, -0.2) is 0 Å². The lowest BCUT2D eigenvalue weighted by Crippen LogP contribution is -2.22. The van der Waals surface area contributed by atoms with E-state index in [-0.39, 0.29) is 12.1 Å². The highest BCUT2D eigenvalue weighted by molar-refractivity contribution is 6.48. The second-order valence-electron chi connectivity index (χ2n) is 4.93. The minimum absolute atomic E-state index is 0.0289. The Bertz CT molecular complexity index is 642. The number of nitrogens with one attached hydrogen (secondary N) is 1. The summed E-state index contributed by atoms with van der Waals surface area (Å²) in [6.45, 7) is 4.11. The summed E-state index contributed by atoms with van der Waals surface area (Å²) in [4.78, 5) is 0. The molecule has 2 aromatic rings. The average molecular weight is 363 g/mol. The molecule has 2 atom stereocenters. The molecule has 0 aromatic heterocycles. The fourth-order valence-corrected chi connectivity index (χ4v) is 3.12. The van der Waals surface area contributed by atoms with Gasteiger partial charge in [0, 0.05) is 17.1 Å². The van der Waals surface area contributed by atoms with E-state index in [1.807, 2.05) is 37.3 Å². The first-order valence-corrected chi connectivity index (χ1v) is 8.06. The molecule has 2 rings (SSSR count). The molecule has 0 saturated heterocycles. The van der Waals surface area contributed by atoms with E-state index in [1.165, 1.54) is 0 Å². The lowest BCUT2D eigenvalue weighted by molar-refractivity contribution is 0.495. The van der Waals surface area contributed by atoms with Crippen LogP contribution in [0.5, 0.6) is 0 Å². The van der Waals surface area contributed by atoms with Crippen molar-refractivity contribution in [3.8, 4) is 0 Å². The fourth-order valence-electron chi connectivity index (χ4n) is 2.21. The van der Waals surface area contributed by atoms with E-state index in [2.05, 4.69) is 12.2 Å². The first kappa shape index (κ1) is 16.9. The summed E-state index contributed by atoms with van der Waals surface area (Å²) in [5, 5.41) is 5.54. The molecule has 0 saturated carbocycles. The van der Waals surface area contributed by atoms with Crippen LogP contribution in [0.15, 0.2) is 36.4 Å². The molecule has 0 aliphatic heterocycles. The monoisotopic (exact) mass is 361 g/mol. The summed E-state index contributed by atoms with van der Waals surface area (Å²) in [6, 6.07) is 11.6. The topological polar surface area (TPSA) is 12.0 Å². The van der Waals surface area contributed by atoms with Gasteiger partial charge in [0.2, 0.25) is 0 Å². The Hall–Kier alpha value is -0.440. The lowest BCUT2D eigenvalue weighted by Gasteiger charge is -2.22. The number of benzene rings is 2. The maximum absolute atomic E-state index is 6.27. The normalized spacial score (nSPS) is 14.0. The SMILES string of the molecule is CC(NC(C)c1ccc(Cl)c(Cl)c1Cl)c1cccc(Cl)c1. The highest BCUT2D eigenvalue weighted by Crippen LogP contribution is 2.36. The fraction of sp³-hybridized carbons (Fsp3) is 0.250. The van der Waals surface area contributed by atoms with Crippen LogP contribution >= 0.6 is 46.4 Å². The molecular weight excluding hydrogens is 348 g/mol. The van der Waals surface area contributed by atoms with Gasteiger partial charge in [-0.1, -0.05) is 64.6 Å². The van der Waals surface area contributed by atoms with Gasteiger partial charge in [-0.25, -0.2) is 0 Å². The molecular formula is C16H15Cl4N. The van der Waals surface area contributed by atoms with Crippen molar-refractivity contribution >= 4 is 46.4 Å². The number of hydrogen-bond acceptors (Lipinski definition) is 1. The van der Waals surface area contributed by atoms with Gasteiger partial charge in [0.25, 0.3) is 0 Å². The van der Waals surface area contributed by atoms with E-state index in [0.29, 0.717) is 15.1 Å². The lowest BCUT2D eigenvalue weighted by atomic mass is 10.0. The Labute approximate surface area is 145 Å². The molecule has 1 N–H and O–H groups in total. The second-order valence-corrected chi connectivity index (χ2v) is 6.53. The van der Waals surface area contributed by atoms with E-state index in [9.17, 15) is 0 Å². The number of rotatable bonds is 4. The van der Waals surface area contributed by atoms with Crippen LogP contribution in [0.25, 0.3) is 0 Å². The van der Waals surface area contributed by atoms with E-state index >= 15 is 0 Å². The molecule has 2 aromatic carbocycles. The van der Waals surface area contributed by atoms with E-state index in [1.54, 1.807) is 6.07 Å². The van der Waals surface area contributed by atoms with Gasteiger partial charge in [-0.3, -0.25) is 0 Å². The molecule has 21 heavy (non-hydrogen) atoms. The van der Waals surface area contributed by atoms with Crippen LogP contribution in [0.1, 0.15) is 37.1 Å². The number of hydrogen-bond donors (Lipinski definition) is 1. The molecule has 0 aliphatic carbocycles. The maximum atomic E-state index is 6.27. The molecule has 2 unspecified atom stereocenters. The quantitative estimate of drug-likeness (QED) is 0.595. The summed E-state index contributed by atoms with van der Waals surface area (Å²) in [6.07, 6.45) is 0. The first-order valence-electron chi connectivity index (χ1n) is 6.55. The molecule has 0 radical (unpaired) electrons. The molecule has 0 fully saturated rings. The predicted molar refractivity (Wildman–Crippen MR) is 92.9 cm³/mol. The van der Waals surface area contributed by atoms with Gasteiger partial charge in [-0.05, 0) is 43.2 Å².